The van der Waals surface area contributed by atoms with Gasteiger partial charge in [0.2, 0.25) is 0 Å². The lowest BCUT2D eigenvalue weighted by Gasteiger charge is -2.38. The van der Waals surface area contributed by atoms with Crippen molar-refractivity contribution in [2.45, 2.75) is 63.3 Å². The number of hydrogen-bond donors (Lipinski definition) is 1. The third-order valence-corrected chi connectivity index (χ3v) is 5.99. The van der Waals surface area contributed by atoms with Crippen molar-refractivity contribution in [1.82, 2.24) is 0 Å². The molecule has 0 amide bonds. The van der Waals surface area contributed by atoms with Gasteiger partial charge in [-0.2, -0.15) is 0 Å². The van der Waals surface area contributed by atoms with Crippen LogP contribution in [0, 0.1) is 5.41 Å². The first-order valence-corrected chi connectivity index (χ1v) is 8.10. The zero-order valence-corrected chi connectivity index (χ0v) is 11.8. The molecule has 2 N–H and O–H groups in total. The third-order valence-electron chi connectivity index (χ3n) is 4.10. The topological polar surface area (TPSA) is 52.3 Å². The summed E-state index contributed by atoms with van der Waals surface area (Å²) in [5.74, 6) is 0.689. The maximum absolute atomic E-state index is 12.4. The normalized spacial score (nSPS) is 39.1. The van der Waals surface area contributed by atoms with Gasteiger partial charge in [0, 0.05) is 23.4 Å². The molecule has 1 heterocycles. The molecular formula is C13H25NO2S. The molecule has 2 aliphatic rings. The van der Waals surface area contributed by atoms with E-state index < -0.39 is 10.8 Å². The smallest absolute Gasteiger partial charge is 0.0691 e. The van der Waals surface area contributed by atoms with Crippen LogP contribution in [0.1, 0.15) is 46.0 Å². The fraction of sp³-hybridized carbons (Fsp3) is 1.00. The summed E-state index contributed by atoms with van der Waals surface area (Å²) >= 11 is 0. The van der Waals surface area contributed by atoms with Crippen molar-refractivity contribution in [3.05, 3.63) is 0 Å². The minimum atomic E-state index is -0.823. The minimum Gasteiger partial charge on any atom is -0.377 e. The zero-order chi connectivity index (χ0) is 12.5. The Morgan fingerprint density at radius 1 is 1.41 bits per heavy atom. The van der Waals surface area contributed by atoms with Crippen molar-refractivity contribution in [2.24, 2.45) is 11.1 Å². The fourth-order valence-electron chi connectivity index (χ4n) is 2.91. The van der Waals surface area contributed by atoms with Gasteiger partial charge in [-0.15, -0.1) is 0 Å². The van der Waals surface area contributed by atoms with Gasteiger partial charge in [-0.25, -0.2) is 0 Å². The van der Waals surface area contributed by atoms with Crippen LogP contribution in [0.5, 0.6) is 0 Å². The molecule has 17 heavy (non-hydrogen) atoms. The molecule has 0 aromatic heterocycles. The molecule has 0 spiro atoms. The molecule has 1 aliphatic carbocycles. The second kappa shape index (κ2) is 5.37. The molecule has 4 atom stereocenters. The highest BCUT2D eigenvalue weighted by atomic mass is 32.2. The summed E-state index contributed by atoms with van der Waals surface area (Å²) in [6, 6.07) is 0.116. The number of nitrogens with two attached hydrogens (primary N) is 1. The van der Waals surface area contributed by atoms with Gasteiger partial charge < -0.3 is 10.5 Å². The summed E-state index contributed by atoms with van der Waals surface area (Å²) in [4.78, 5) is 0. The van der Waals surface area contributed by atoms with E-state index >= 15 is 0 Å². The van der Waals surface area contributed by atoms with Gasteiger partial charge in [0.25, 0.3) is 0 Å². The lowest BCUT2D eigenvalue weighted by atomic mass is 9.75. The molecule has 0 bridgehead atoms. The van der Waals surface area contributed by atoms with Gasteiger partial charge in [-0.1, -0.05) is 13.8 Å². The van der Waals surface area contributed by atoms with E-state index in [1.165, 1.54) is 0 Å². The van der Waals surface area contributed by atoms with Gasteiger partial charge in [-0.05, 0) is 37.5 Å². The van der Waals surface area contributed by atoms with Crippen LogP contribution in [0.15, 0.2) is 0 Å². The van der Waals surface area contributed by atoms with Crippen LogP contribution >= 0.6 is 0 Å². The average Bonchev–Trinajstić information content (AvgIpc) is 2.74. The van der Waals surface area contributed by atoms with E-state index in [1.54, 1.807) is 0 Å². The van der Waals surface area contributed by atoms with E-state index in [0.717, 1.165) is 38.7 Å². The number of rotatable bonds is 3. The van der Waals surface area contributed by atoms with E-state index in [9.17, 15) is 4.21 Å². The van der Waals surface area contributed by atoms with Gasteiger partial charge in [0.1, 0.15) is 0 Å². The first-order chi connectivity index (χ1) is 7.98. The molecule has 1 saturated carbocycles. The number of hydrogen-bond acceptors (Lipinski definition) is 3. The van der Waals surface area contributed by atoms with Crippen molar-refractivity contribution >= 4 is 10.8 Å². The van der Waals surface area contributed by atoms with E-state index in [-0.39, 0.29) is 17.4 Å². The summed E-state index contributed by atoms with van der Waals surface area (Å²) < 4.78 is 18.0. The summed E-state index contributed by atoms with van der Waals surface area (Å²) in [6.07, 6.45) is 5.55. The molecule has 0 aromatic carbocycles. The largest absolute Gasteiger partial charge is 0.377 e. The van der Waals surface area contributed by atoms with Crippen LogP contribution in [0.3, 0.4) is 0 Å². The monoisotopic (exact) mass is 259 g/mol. The summed E-state index contributed by atoms with van der Waals surface area (Å²) in [7, 11) is -0.823. The van der Waals surface area contributed by atoms with Crippen LogP contribution in [-0.2, 0) is 15.5 Å². The van der Waals surface area contributed by atoms with Gasteiger partial charge in [-0.3, -0.25) is 4.21 Å². The zero-order valence-electron chi connectivity index (χ0n) is 11.0. The van der Waals surface area contributed by atoms with Crippen molar-refractivity contribution in [3.8, 4) is 0 Å². The second-order valence-electron chi connectivity index (χ2n) is 6.29. The Bertz CT molecular complexity index is 287. The van der Waals surface area contributed by atoms with E-state index in [1.807, 2.05) is 0 Å². The Kier molecular flexibility index (Phi) is 4.26. The lowest BCUT2D eigenvalue weighted by Crippen LogP contribution is -2.46. The lowest BCUT2D eigenvalue weighted by molar-refractivity contribution is 0.127. The molecule has 2 rings (SSSR count). The highest BCUT2D eigenvalue weighted by Gasteiger charge is 2.37. The minimum absolute atomic E-state index is 0.116. The molecule has 1 saturated heterocycles. The van der Waals surface area contributed by atoms with Crippen LogP contribution < -0.4 is 5.73 Å². The quantitative estimate of drug-likeness (QED) is 0.841. The molecule has 4 heteroatoms. The predicted molar refractivity (Wildman–Crippen MR) is 71.4 cm³/mol. The Balaban J connectivity index is 1.92. The SMILES string of the molecule is CC1(C)CCC(N)C(S(=O)CC2CCCO2)C1. The van der Waals surface area contributed by atoms with Crippen molar-refractivity contribution < 1.29 is 8.95 Å². The molecule has 1 aliphatic heterocycles. The van der Waals surface area contributed by atoms with Gasteiger partial charge in [0.05, 0.1) is 17.1 Å². The Labute approximate surface area is 107 Å². The van der Waals surface area contributed by atoms with Crippen LogP contribution in [0.4, 0.5) is 0 Å². The molecular weight excluding hydrogens is 234 g/mol. The first kappa shape index (κ1) is 13.5. The molecule has 2 fully saturated rings. The van der Waals surface area contributed by atoms with E-state index in [0.29, 0.717) is 11.2 Å². The number of ether oxygens (including phenoxy) is 1. The molecule has 0 radical (unpaired) electrons. The Morgan fingerprint density at radius 2 is 2.18 bits per heavy atom. The van der Waals surface area contributed by atoms with E-state index in [2.05, 4.69) is 13.8 Å². The van der Waals surface area contributed by atoms with Crippen LogP contribution in [0.25, 0.3) is 0 Å². The van der Waals surface area contributed by atoms with Crippen molar-refractivity contribution in [3.63, 3.8) is 0 Å². The third kappa shape index (κ3) is 3.52. The van der Waals surface area contributed by atoms with Gasteiger partial charge in [0.15, 0.2) is 0 Å². The average molecular weight is 259 g/mol. The first-order valence-electron chi connectivity index (χ1n) is 6.72. The molecule has 100 valence electrons. The standard InChI is InChI=1S/C13H25NO2S/c1-13(2)6-5-11(14)12(8-13)17(15)9-10-4-3-7-16-10/h10-12H,3-9,14H2,1-2H3. The summed E-state index contributed by atoms with van der Waals surface area (Å²) in [5.41, 5.74) is 6.44. The highest BCUT2D eigenvalue weighted by molar-refractivity contribution is 7.85. The maximum atomic E-state index is 12.4. The summed E-state index contributed by atoms with van der Waals surface area (Å²) in [5, 5.41) is 0.169. The molecule has 3 nitrogen and oxygen atoms in total. The molecule has 4 unspecified atom stereocenters. The maximum Gasteiger partial charge on any atom is 0.0691 e. The van der Waals surface area contributed by atoms with Crippen molar-refractivity contribution in [1.29, 1.82) is 0 Å². The summed E-state index contributed by atoms with van der Waals surface area (Å²) in [6.45, 7) is 5.36. The fourth-order valence-corrected chi connectivity index (χ4v) is 4.95. The second-order valence-corrected chi connectivity index (χ2v) is 7.99. The van der Waals surface area contributed by atoms with Crippen LogP contribution in [-0.4, -0.2) is 34.0 Å². The Morgan fingerprint density at radius 3 is 2.82 bits per heavy atom. The van der Waals surface area contributed by atoms with Gasteiger partial charge >= 0.3 is 0 Å². The highest BCUT2D eigenvalue weighted by Crippen LogP contribution is 2.37. The molecule has 0 aromatic rings. The van der Waals surface area contributed by atoms with Crippen molar-refractivity contribution in [2.75, 3.05) is 12.4 Å². The van der Waals surface area contributed by atoms with E-state index in [4.69, 9.17) is 10.5 Å². The Hall–Kier alpha value is 0.0700. The van der Waals surface area contributed by atoms with Crippen LogP contribution in [0.2, 0.25) is 0 Å². The predicted octanol–water partition coefficient (Wildman–Crippen LogP) is 1.82.